The van der Waals surface area contributed by atoms with E-state index in [-0.39, 0.29) is 11.5 Å². The van der Waals surface area contributed by atoms with Gasteiger partial charge in [-0.1, -0.05) is 6.92 Å². The van der Waals surface area contributed by atoms with Crippen molar-refractivity contribution in [2.75, 3.05) is 13.6 Å². The molecule has 1 fully saturated rings. The summed E-state index contributed by atoms with van der Waals surface area (Å²) >= 11 is 0. The smallest absolute Gasteiger partial charge is 0.274 e. The Morgan fingerprint density at radius 2 is 2.22 bits per heavy atom. The molecule has 1 aromatic heterocycles. The highest BCUT2D eigenvalue weighted by Crippen LogP contribution is 2.29. The molecule has 1 amide bonds. The third-order valence-electron chi connectivity index (χ3n) is 3.10. The monoisotopic (exact) mass is 249 g/mol. The van der Waals surface area contributed by atoms with E-state index >= 15 is 0 Å². The van der Waals surface area contributed by atoms with E-state index in [1.54, 1.807) is 11.9 Å². The molecule has 2 rings (SSSR count). The molecular formula is C13H19N3O2. The Hall–Kier alpha value is -1.65. The highest BCUT2D eigenvalue weighted by atomic mass is 16.2. The zero-order valence-corrected chi connectivity index (χ0v) is 10.9. The summed E-state index contributed by atoms with van der Waals surface area (Å²) in [5.41, 5.74) is 0.199. The lowest BCUT2D eigenvalue weighted by Crippen LogP contribution is -2.32. The van der Waals surface area contributed by atoms with Crippen LogP contribution in [0, 0.1) is 5.92 Å². The van der Waals surface area contributed by atoms with Crippen LogP contribution in [0.5, 0.6) is 0 Å². The Kier molecular flexibility index (Phi) is 3.79. The molecule has 1 heterocycles. The Labute approximate surface area is 106 Å². The zero-order chi connectivity index (χ0) is 13.1. The van der Waals surface area contributed by atoms with Gasteiger partial charge in [0, 0.05) is 26.2 Å². The van der Waals surface area contributed by atoms with Crippen LogP contribution in [0.4, 0.5) is 0 Å². The molecule has 0 bridgehead atoms. The molecule has 5 nitrogen and oxygen atoms in total. The number of aromatic nitrogens is 2. The van der Waals surface area contributed by atoms with Crippen LogP contribution in [-0.4, -0.2) is 34.2 Å². The molecule has 0 unspecified atom stereocenters. The summed E-state index contributed by atoms with van der Waals surface area (Å²) in [4.78, 5) is 25.3. The van der Waals surface area contributed by atoms with Crippen LogP contribution in [0.2, 0.25) is 0 Å². The summed E-state index contributed by atoms with van der Waals surface area (Å²) in [6.45, 7) is 3.31. The summed E-state index contributed by atoms with van der Waals surface area (Å²) < 4.78 is 1.36. The molecule has 18 heavy (non-hydrogen) atoms. The average molecular weight is 249 g/mol. The van der Waals surface area contributed by atoms with Crippen molar-refractivity contribution >= 4 is 5.91 Å². The first-order chi connectivity index (χ1) is 8.61. The molecule has 0 aromatic carbocycles. The van der Waals surface area contributed by atoms with Gasteiger partial charge in [-0.2, -0.15) is 5.10 Å². The van der Waals surface area contributed by atoms with Crippen molar-refractivity contribution in [2.45, 2.75) is 32.7 Å². The van der Waals surface area contributed by atoms with Gasteiger partial charge in [0.2, 0.25) is 0 Å². The number of aryl methyl sites for hydroxylation is 1. The van der Waals surface area contributed by atoms with E-state index in [1.165, 1.54) is 29.7 Å². The minimum absolute atomic E-state index is 0.105. The average Bonchev–Trinajstić information content (AvgIpc) is 3.15. The summed E-state index contributed by atoms with van der Waals surface area (Å²) in [6.07, 6.45) is 3.24. The van der Waals surface area contributed by atoms with Crippen molar-refractivity contribution in [3.8, 4) is 0 Å². The van der Waals surface area contributed by atoms with Crippen molar-refractivity contribution in [1.82, 2.24) is 14.7 Å². The largest absolute Gasteiger partial charge is 0.340 e. The maximum Gasteiger partial charge on any atom is 0.274 e. The molecule has 0 saturated heterocycles. The second-order valence-electron chi connectivity index (χ2n) is 4.91. The quantitative estimate of drug-likeness (QED) is 0.786. The van der Waals surface area contributed by atoms with Crippen molar-refractivity contribution in [2.24, 2.45) is 5.92 Å². The minimum Gasteiger partial charge on any atom is -0.340 e. The fourth-order valence-electron chi connectivity index (χ4n) is 1.90. The van der Waals surface area contributed by atoms with Gasteiger partial charge in [0.25, 0.3) is 11.5 Å². The molecule has 5 heteroatoms. The van der Waals surface area contributed by atoms with Gasteiger partial charge in [0.1, 0.15) is 5.69 Å². The highest BCUT2D eigenvalue weighted by Gasteiger charge is 2.25. The standard InChI is InChI=1S/C13H19N3O2/c1-3-8-16-12(17)7-6-11(14-16)13(18)15(2)9-10-4-5-10/h6-7,10H,3-5,8-9H2,1-2H3. The van der Waals surface area contributed by atoms with E-state index in [0.29, 0.717) is 18.2 Å². The van der Waals surface area contributed by atoms with E-state index < -0.39 is 0 Å². The molecule has 1 saturated carbocycles. The predicted octanol–water partition coefficient (Wildman–Crippen LogP) is 1.14. The van der Waals surface area contributed by atoms with E-state index in [2.05, 4.69) is 5.10 Å². The molecule has 1 aliphatic carbocycles. The minimum atomic E-state index is -0.154. The van der Waals surface area contributed by atoms with Crippen LogP contribution >= 0.6 is 0 Å². The van der Waals surface area contributed by atoms with Gasteiger partial charge in [-0.05, 0) is 31.2 Å². The van der Waals surface area contributed by atoms with Crippen LogP contribution in [0.3, 0.4) is 0 Å². The van der Waals surface area contributed by atoms with E-state index in [9.17, 15) is 9.59 Å². The second-order valence-corrected chi connectivity index (χ2v) is 4.91. The number of hydrogen-bond acceptors (Lipinski definition) is 3. The predicted molar refractivity (Wildman–Crippen MR) is 68.5 cm³/mol. The first kappa shape index (κ1) is 12.8. The molecule has 0 N–H and O–H groups in total. The lowest BCUT2D eigenvalue weighted by atomic mass is 10.3. The van der Waals surface area contributed by atoms with Crippen LogP contribution in [0.1, 0.15) is 36.7 Å². The van der Waals surface area contributed by atoms with Crippen LogP contribution < -0.4 is 5.56 Å². The Balaban J connectivity index is 2.13. The molecule has 1 aromatic rings. The van der Waals surface area contributed by atoms with Crippen LogP contribution in [0.25, 0.3) is 0 Å². The first-order valence-electron chi connectivity index (χ1n) is 6.45. The van der Waals surface area contributed by atoms with Crippen molar-refractivity contribution in [3.05, 3.63) is 28.2 Å². The third-order valence-corrected chi connectivity index (χ3v) is 3.10. The summed E-state index contributed by atoms with van der Waals surface area (Å²) in [5, 5.41) is 4.12. The Bertz CT molecular complexity index is 491. The summed E-state index contributed by atoms with van der Waals surface area (Å²) in [7, 11) is 1.79. The molecule has 0 atom stereocenters. The van der Waals surface area contributed by atoms with Crippen LogP contribution in [0.15, 0.2) is 16.9 Å². The van der Waals surface area contributed by atoms with Gasteiger partial charge in [-0.25, -0.2) is 4.68 Å². The number of carbonyl (C=O) groups excluding carboxylic acids is 1. The Morgan fingerprint density at radius 3 is 2.83 bits per heavy atom. The van der Waals surface area contributed by atoms with Crippen molar-refractivity contribution in [3.63, 3.8) is 0 Å². The normalized spacial score (nSPS) is 14.6. The zero-order valence-electron chi connectivity index (χ0n) is 10.9. The molecule has 1 aliphatic rings. The van der Waals surface area contributed by atoms with E-state index in [1.807, 2.05) is 6.92 Å². The maximum absolute atomic E-state index is 12.1. The molecule has 0 spiro atoms. The van der Waals surface area contributed by atoms with Gasteiger partial charge in [0.05, 0.1) is 0 Å². The van der Waals surface area contributed by atoms with Crippen molar-refractivity contribution < 1.29 is 4.79 Å². The fourth-order valence-corrected chi connectivity index (χ4v) is 1.90. The number of rotatable bonds is 5. The topological polar surface area (TPSA) is 55.2 Å². The molecular weight excluding hydrogens is 230 g/mol. The van der Waals surface area contributed by atoms with Gasteiger partial charge < -0.3 is 4.90 Å². The van der Waals surface area contributed by atoms with Gasteiger partial charge in [-0.15, -0.1) is 0 Å². The van der Waals surface area contributed by atoms with E-state index in [4.69, 9.17) is 0 Å². The van der Waals surface area contributed by atoms with Gasteiger partial charge >= 0.3 is 0 Å². The number of carbonyl (C=O) groups is 1. The van der Waals surface area contributed by atoms with Crippen LogP contribution in [-0.2, 0) is 6.54 Å². The maximum atomic E-state index is 12.1. The molecule has 0 aliphatic heterocycles. The van der Waals surface area contributed by atoms with Gasteiger partial charge in [0.15, 0.2) is 0 Å². The van der Waals surface area contributed by atoms with Crippen molar-refractivity contribution in [1.29, 1.82) is 0 Å². The second kappa shape index (κ2) is 5.33. The fraction of sp³-hybridized carbons (Fsp3) is 0.615. The van der Waals surface area contributed by atoms with E-state index in [0.717, 1.165) is 13.0 Å². The highest BCUT2D eigenvalue weighted by molar-refractivity contribution is 5.91. The first-order valence-corrected chi connectivity index (χ1v) is 6.45. The lowest BCUT2D eigenvalue weighted by Gasteiger charge is -2.16. The summed E-state index contributed by atoms with van der Waals surface area (Å²) in [6, 6.07) is 2.93. The molecule has 0 radical (unpaired) electrons. The number of amides is 1. The number of hydrogen-bond donors (Lipinski definition) is 0. The SMILES string of the molecule is CCCn1nc(C(=O)N(C)CC2CC2)ccc1=O. The summed E-state index contributed by atoms with van der Waals surface area (Å²) in [5.74, 6) is 0.548. The van der Waals surface area contributed by atoms with Gasteiger partial charge in [-0.3, -0.25) is 9.59 Å². The lowest BCUT2D eigenvalue weighted by molar-refractivity contribution is 0.0780. The Morgan fingerprint density at radius 1 is 1.50 bits per heavy atom. The number of nitrogens with zero attached hydrogens (tertiary/aromatic N) is 3. The third kappa shape index (κ3) is 2.97. The molecule has 98 valence electrons.